The van der Waals surface area contributed by atoms with Crippen LogP contribution in [-0.2, 0) is 0 Å². The molecule has 0 fully saturated rings. The second-order valence-corrected chi connectivity index (χ2v) is 4.87. The highest BCUT2D eigenvalue weighted by Crippen LogP contribution is 2.24. The number of rotatable bonds is 5. The summed E-state index contributed by atoms with van der Waals surface area (Å²) in [6.45, 7) is 3.66. The van der Waals surface area contributed by atoms with Gasteiger partial charge in [-0.25, -0.2) is 10.1 Å². The standard InChI is InChI=1S/C13H11BrN4O3/c1-9(16-12-5-3-2-4-11(12)14)17(18(20)21)10-6-7-15-13(19)8-10/h2-8,16H,1H2,(H,15,19). The van der Waals surface area contributed by atoms with Crippen LogP contribution in [0.5, 0.6) is 0 Å². The van der Waals surface area contributed by atoms with Crippen LogP contribution in [-0.4, -0.2) is 10.0 Å². The Kier molecular flexibility index (Phi) is 4.39. The number of aromatic nitrogens is 1. The molecule has 108 valence electrons. The molecule has 2 aromatic rings. The van der Waals surface area contributed by atoms with Crippen LogP contribution in [0, 0.1) is 10.1 Å². The zero-order valence-corrected chi connectivity index (χ0v) is 12.3. The summed E-state index contributed by atoms with van der Waals surface area (Å²) in [6.07, 6.45) is 1.33. The molecule has 0 radical (unpaired) electrons. The molecule has 0 atom stereocenters. The zero-order chi connectivity index (χ0) is 15.4. The molecule has 1 aromatic heterocycles. The van der Waals surface area contributed by atoms with Crippen LogP contribution in [0.4, 0.5) is 11.4 Å². The van der Waals surface area contributed by atoms with Gasteiger partial charge in [0, 0.05) is 16.7 Å². The van der Waals surface area contributed by atoms with Gasteiger partial charge in [0.05, 0.1) is 5.69 Å². The number of H-pyrrole nitrogens is 1. The van der Waals surface area contributed by atoms with E-state index >= 15 is 0 Å². The van der Waals surface area contributed by atoms with Gasteiger partial charge in [-0.2, -0.15) is 0 Å². The lowest BCUT2D eigenvalue weighted by Crippen LogP contribution is -2.32. The third-order valence-corrected chi connectivity index (χ3v) is 3.27. The molecule has 0 aliphatic heterocycles. The molecule has 7 nitrogen and oxygen atoms in total. The third kappa shape index (κ3) is 3.48. The Hall–Kier alpha value is -2.61. The van der Waals surface area contributed by atoms with Crippen LogP contribution in [0.15, 0.2) is 64.3 Å². The lowest BCUT2D eigenvalue weighted by atomic mass is 10.3. The number of hydrogen-bond acceptors (Lipinski definition) is 4. The zero-order valence-electron chi connectivity index (χ0n) is 10.7. The number of anilines is 2. The minimum Gasteiger partial charge on any atom is -0.336 e. The number of halogens is 1. The van der Waals surface area contributed by atoms with Crippen molar-refractivity contribution in [1.29, 1.82) is 0 Å². The average Bonchev–Trinajstić information content (AvgIpc) is 2.41. The quantitative estimate of drug-likeness (QED) is 0.638. The lowest BCUT2D eigenvalue weighted by molar-refractivity contribution is -0.487. The molecule has 0 saturated carbocycles. The van der Waals surface area contributed by atoms with Crippen LogP contribution in [0.25, 0.3) is 0 Å². The molecule has 0 saturated heterocycles. The molecule has 1 heterocycles. The third-order valence-electron chi connectivity index (χ3n) is 2.58. The first-order valence-electron chi connectivity index (χ1n) is 5.82. The number of aromatic amines is 1. The van der Waals surface area contributed by atoms with Crippen LogP contribution in [0.1, 0.15) is 0 Å². The first-order valence-corrected chi connectivity index (χ1v) is 6.62. The summed E-state index contributed by atoms with van der Waals surface area (Å²) in [4.78, 5) is 24.9. The average molecular weight is 351 g/mol. The van der Waals surface area contributed by atoms with Crippen molar-refractivity contribution < 1.29 is 5.03 Å². The number of nitrogens with zero attached hydrogens (tertiary/aromatic N) is 2. The second kappa shape index (κ2) is 6.23. The van der Waals surface area contributed by atoms with Crippen molar-refractivity contribution >= 4 is 27.3 Å². The van der Waals surface area contributed by atoms with Gasteiger partial charge in [0.2, 0.25) is 5.56 Å². The van der Waals surface area contributed by atoms with Gasteiger partial charge in [-0.3, -0.25) is 4.79 Å². The molecule has 1 aromatic carbocycles. The molecule has 0 aliphatic rings. The second-order valence-electron chi connectivity index (χ2n) is 4.01. The number of para-hydroxylation sites is 1. The Morgan fingerprint density at radius 3 is 2.71 bits per heavy atom. The van der Waals surface area contributed by atoms with Crippen LogP contribution < -0.4 is 15.9 Å². The largest absolute Gasteiger partial charge is 0.336 e. The van der Waals surface area contributed by atoms with E-state index in [1.54, 1.807) is 18.2 Å². The van der Waals surface area contributed by atoms with E-state index in [-0.39, 0.29) is 11.5 Å². The highest BCUT2D eigenvalue weighted by Gasteiger charge is 2.22. The van der Waals surface area contributed by atoms with Gasteiger partial charge >= 0.3 is 0 Å². The van der Waals surface area contributed by atoms with E-state index < -0.39 is 10.6 Å². The molecule has 2 rings (SSSR count). The first kappa shape index (κ1) is 14.8. The van der Waals surface area contributed by atoms with Crippen molar-refractivity contribution in [3.63, 3.8) is 0 Å². The van der Waals surface area contributed by atoms with Crippen molar-refractivity contribution in [2.75, 3.05) is 10.3 Å². The summed E-state index contributed by atoms with van der Waals surface area (Å²) in [5, 5.41) is 14.1. The maximum atomic E-state index is 11.3. The lowest BCUT2D eigenvalue weighted by Gasteiger charge is -2.18. The first-order chi connectivity index (χ1) is 9.99. The molecule has 21 heavy (non-hydrogen) atoms. The number of benzene rings is 1. The molecular weight excluding hydrogens is 340 g/mol. The molecular formula is C13H11BrN4O3. The van der Waals surface area contributed by atoms with Gasteiger partial charge < -0.3 is 10.3 Å². The number of nitrogens with one attached hydrogen (secondary N) is 2. The summed E-state index contributed by atoms with van der Waals surface area (Å²) < 4.78 is 0.736. The minimum atomic E-state index is -0.652. The van der Waals surface area contributed by atoms with Gasteiger partial charge in [0.25, 0.3) is 0 Å². The van der Waals surface area contributed by atoms with Gasteiger partial charge in [0.15, 0.2) is 10.9 Å². The normalized spacial score (nSPS) is 9.95. The predicted octanol–water partition coefficient (Wildman–Crippen LogP) is 2.72. The van der Waals surface area contributed by atoms with Crippen molar-refractivity contribution in [2.45, 2.75) is 0 Å². The number of hydrazine groups is 1. The summed E-state index contributed by atoms with van der Waals surface area (Å²) in [5.74, 6) is 0.0116. The van der Waals surface area contributed by atoms with Crippen LogP contribution in [0.2, 0.25) is 0 Å². The Balaban J connectivity index is 2.31. The smallest absolute Gasteiger partial charge is 0.250 e. The molecule has 0 amide bonds. The topological polar surface area (TPSA) is 91.3 Å². The maximum absolute atomic E-state index is 11.3. The SMILES string of the molecule is C=C(Nc1ccccc1Br)N(c1cc[nH]c(=O)c1)[N+](=O)[O-]. The molecule has 0 spiro atoms. The summed E-state index contributed by atoms with van der Waals surface area (Å²) >= 11 is 3.33. The minimum absolute atomic E-state index is 0.0116. The summed E-state index contributed by atoms with van der Waals surface area (Å²) in [7, 11) is 0. The summed E-state index contributed by atoms with van der Waals surface area (Å²) in [5.41, 5.74) is 0.292. The van der Waals surface area contributed by atoms with E-state index in [9.17, 15) is 14.9 Å². The fraction of sp³-hybridized carbons (Fsp3) is 0. The van der Waals surface area contributed by atoms with Gasteiger partial charge in [-0.15, -0.1) is 0 Å². The number of nitro groups is 1. The Labute approximate surface area is 128 Å². The number of hydrogen-bond donors (Lipinski definition) is 2. The summed E-state index contributed by atoms with van der Waals surface area (Å²) in [6, 6.07) is 9.67. The maximum Gasteiger partial charge on any atom is 0.250 e. The molecule has 2 N–H and O–H groups in total. The van der Waals surface area contributed by atoms with Crippen LogP contribution >= 0.6 is 15.9 Å². The van der Waals surface area contributed by atoms with E-state index in [0.29, 0.717) is 10.7 Å². The van der Waals surface area contributed by atoms with Gasteiger partial charge in [-0.05, 0) is 39.1 Å². The van der Waals surface area contributed by atoms with E-state index in [1.165, 1.54) is 12.3 Å². The van der Waals surface area contributed by atoms with E-state index in [1.807, 2.05) is 6.07 Å². The van der Waals surface area contributed by atoms with Crippen LogP contribution in [0.3, 0.4) is 0 Å². The number of pyridine rings is 1. The Morgan fingerprint density at radius 1 is 1.38 bits per heavy atom. The Morgan fingerprint density at radius 2 is 2.10 bits per heavy atom. The van der Waals surface area contributed by atoms with Crippen molar-refractivity contribution in [2.24, 2.45) is 0 Å². The monoisotopic (exact) mass is 350 g/mol. The predicted molar refractivity (Wildman–Crippen MR) is 83.4 cm³/mol. The molecule has 8 heteroatoms. The van der Waals surface area contributed by atoms with Crippen molar-refractivity contribution in [1.82, 2.24) is 4.98 Å². The van der Waals surface area contributed by atoms with Gasteiger partial charge in [-0.1, -0.05) is 18.7 Å². The highest BCUT2D eigenvalue weighted by atomic mass is 79.9. The fourth-order valence-corrected chi connectivity index (χ4v) is 2.07. The highest BCUT2D eigenvalue weighted by molar-refractivity contribution is 9.10. The van der Waals surface area contributed by atoms with Crippen molar-refractivity contribution in [3.05, 3.63) is 79.9 Å². The van der Waals surface area contributed by atoms with E-state index in [2.05, 4.69) is 32.8 Å². The molecule has 0 unspecified atom stereocenters. The van der Waals surface area contributed by atoms with E-state index in [0.717, 1.165) is 10.5 Å². The van der Waals surface area contributed by atoms with E-state index in [4.69, 9.17) is 0 Å². The molecule has 0 bridgehead atoms. The Bertz CT molecular complexity index is 744. The van der Waals surface area contributed by atoms with Gasteiger partial charge in [0.1, 0.15) is 5.69 Å². The fourth-order valence-electron chi connectivity index (χ4n) is 1.68. The van der Waals surface area contributed by atoms with Crippen molar-refractivity contribution in [3.8, 4) is 0 Å². The molecule has 0 aliphatic carbocycles.